The van der Waals surface area contributed by atoms with Crippen molar-refractivity contribution in [1.82, 2.24) is 0 Å². The lowest BCUT2D eigenvalue weighted by Crippen LogP contribution is -2.31. The molecule has 0 aromatic rings. The highest BCUT2D eigenvalue weighted by molar-refractivity contribution is 5.90. The van der Waals surface area contributed by atoms with Crippen LogP contribution in [-0.4, -0.2) is 69.1 Å². The summed E-state index contributed by atoms with van der Waals surface area (Å²) in [6, 6.07) is 0. The minimum Gasteiger partial charge on any atom is -0.455 e. The zero-order chi connectivity index (χ0) is 32.0. The first kappa shape index (κ1) is 38.9. The number of unbranched alkanes of at least 4 members (excludes halogenated alkanes) is 12. The van der Waals surface area contributed by atoms with Crippen LogP contribution in [0.2, 0.25) is 0 Å². The molecule has 0 aromatic carbocycles. The molecule has 0 amide bonds. The molecule has 7 heteroatoms. The molecule has 2 unspecified atom stereocenters. The van der Waals surface area contributed by atoms with Crippen molar-refractivity contribution in [2.75, 3.05) is 0 Å². The Kier molecular flexibility index (Phi) is 21.2. The second kappa shape index (κ2) is 24.0. The molecule has 4 N–H and O–H groups in total. The lowest BCUT2D eigenvalue weighted by molar-refractivity contribution is -0.139. The van der Waals surface area contributed by atoms with Gasteiger partial charge in [0.1, 0.15) is 6.10 Å². The summed E-state index contributed by atoms with van der Waals surface area (Å²) < 4.78 is 11.1. The maximum atomic E-state index is 11.6. The molecule has 2 heterocycles. The Bertz CT molecular complexity index is 797. The summed E-state index contributed by atoms with van der Waals surface area (Å²) in [6.07, 6.45) is 25.8. The maximum absolute atomic E-state index is 11.6. The topological polar surface area (TPSA) is 116 Å². The molecule has 2 aliphatic heterocycles. The number of aliphatic hydroxyl groups is 4. The third-order valence-corrected chi connectivity index (χ3v) is 9.30. The van der Waals surface area contributed by atoms with Gasteiger partial charge in [0.2, 0.25) is 0 Å². The van der Waals surface area contributed by atoms with E-state index >= 15 is 0 Å². The second-order valence-corrected chi connectivity index (χ2v) is 13.5. The van der Waals surface area contributed by atoms with Crippen molar-refractivity contribution in [1.29, 1.82) is 0 Å². The molecule has 256 valence electrons. The SMILES string of the molecule is CCCCCCCCCCCC(O)/C=C/CC[C@@H](O)C1CC[C@H]([C@H](O)CC[C@H](O)CCCCCCCC2=C[C@H](C)OC2=O)O1. The zero-order valence-corrected chi connectivity index (χ0v) is 28.1. The molecule has 0 bridgehead atoms. The molecule has 2 aliphatic rings. The van der Waals surface area contributed by atoms with E-state index in [-0.39, 0.29) is 24.3 Å². The van der Waals surface area contributed by atoms with Gasteiger partial charge in [-0.15, -0.1) is 0 Å². The van der Waals surface area contributed by atoms with Crippen molar-refractivity contribution in [2.24, 2.45) is 0 Å². The van der Waals surface area contributed by atoms with E-state index in [2.05, 4.69) is 6.92 Å². The van der Waals surface area contributed by atoms with E-state index in [1.807, 2.05) is 25.2 Å². The number of hydrogen-bond acceptors (Lipinski definition) is 7. The molecule has 0 radical (unpaired) electrons. The first-order valence-corrected chi connectivity index (χ1v) is 18.3. The zero-order valence-electron chi connectivity index (χ0n) is 28.1. The summed E-state index contributed by atoms with van der Waals surface area (Å²) in [4.78, 5) is 11.6. The number of allylic oxidation sites excluding steroid dienone is 1. The predicted molar refractivity (Wildman–Crippen MR) is 177 cm³/mol. The summed E-state index contributed by atoms with van der Waals surface area (Å²) in [5.41, 5.74) is 0.807. The highest BCUT2D eigenvalue weighted by Gasteiger charge is 2.34. The summed E-state index contributed by atoms with van der Waals surface area (Å²) in [5.74, 6) is -0.170. The van der Waals surface area contributed by atoms with Gasteiger partial charge in [-0.05, 0) is 77.2 Å². The van der Waals surface area contributed by atoms with Gasteiger partial charge in [0.25, 0.3) is 0 Å². The number of esters is 1. The first-order valence-electron chi connectivity index (χ1n) is 18.3. The number of hydrogen-bond donors (Lipinski definition) is 4. The molecule has 0 spiro atoms. The Morgan fingerprint density at radius 3 is 1.93 bits per heavy atom. The molecule has 2 rings (SSSR count). The summed E-state index contributed by atoms with van der Waals surface area (Å²) >= 11 is 0. The third kappa shape index (κ3) is 17.4. The van der Waals surface area contributed by atoms with Crippen molar-refractivity contribution in [3.63, 3.8) is 0 Å². The Labute approximate surface area is 268 Å². The van der Waals surface area contributed by atoms with Crippen LogP contribution in [0.1, 0.15) is 162 Å². The fourth-order valence-electron chi connectivity index (χ4n) is 6.46. The van der Waals surface area contributed by atoms with Gasteiger partial charge in [-0.3, -0.25) is 0 Å². The van der Waals surface area contributed by atoms with Gasteiger partial charge in [-0.25, -0.2) is 4.79 Å². The summed E-state index contributed by atoms with van der Waals surface area (Å²) in [7, 11) is 0. The number of rotatable bonds is 27. The predicted octanol–water partition coefficient (Wildman–Crippen LogP) is 7.62. The van der Waals surface area contributed by atoms with Crippen LogP contribution in [-0.2, 0) is 14.3 Å². The van der Waals surface area contributed by atoms with E-state index < -0.39 is 24.4 Å². The van der Waals surface area contributed by atoms with Gasteiger partial charge in [-0.2, -0.15) is 0 Å². The number of ether oxygens (including phenoxy) is 2. The van der Waals surface area contributed by atoms with E-state index in [1.165, 1.54) is 51.4 Å². The molecular weight excluding hydrogens is 556 g/mol. The minimum absolute atomic E-state index is 0.0938. The molecule has 0 aromatic heterocycles. The largest absolute Gasteiger partial charge is 0.455 e. The van der Waals surface area contributed by atoms with Crippen LogP contribution >= 0.6 is 0 Å². The molecule has 7 nitrogen and oxygen atoms in total. The van der Waals surface area contributed by atoms with E-state index in [0.29, 0.717) is 25.7 Å². The van der Waals surface area contributed by atoms with Crippen LogP contribution in [0.5, 0.6) is 0 Å². The Balaban J connectivity index is 1.44. The van der Waals surface area contributed by atoms with Gasteiger partial charge < -0.3 is 29.9 Å². The molecule has 1 saturated heterocycles. The van der Waals surface area contributed by atoms with Crippen molar-refractivity contribution in [3.8, 4) is 0 Å². The normalized spacial score (nSPS) is 23.2. The van der Waals surface area contributed by atoms with Crippen LogP contribution in [0.25, 0.3) is 0 Å². The smallest absolute Gasteiger partial charge is 0.334 e. The maximum Gasteiger partial charge on any atom is 0.334 e. The highest BCUT2D eigenvalue weighted by atomic mass is 16.5. The van der Waals surface area contributed by atoms with Crippen molar-refractivity contribution >= 4 is 5.97 Å². The van der Waals surface area contributed by atoms with Gasteiger partial charge in [0, 0.05) is 5.57 Å². The van der Waals surface area contributed by atoms with Gasteiger partial charge in [0.05, 0.1) is 36.6 Å². The average molecular weight is 623 g/mol. The van der Waals surface area contributed by atoms with Gasteiger partial charge in [0.15, 0.2) is 0 Å². The quantitative estimate of drug-likeness (QED) is 0.0423. The van der Waals surface area contributed by atoms with Crippen molar-refractivity contribution < 1.29 is 34.7 Å². The van der Waals surface area contributed by atoms with E-state index in [9.17, 15) is 25.2 Å². The fourth-order valence-corrected chi connectivity index (χ4v) is 6.46. The lowest BCUT2D eigenvalue weighted by atomic mass is 9.99. The van der Waals surface area contributed by atoms with Crippen LogP contribution < -0.4 is 0 Å². The molecular formula is C37H66O7. The number of carbonyl (C=O) groups excluding carboxylic acids is 1. The molecule has 44 heavy (non-hydrogen) atoms. The number of carbonyl (C=O) groups is 1. The van der Waals surface area contributed by atoms with E-state index in [1.54, 1.807) is 0 Å². The molecule has 0 saturated carbocycles. The lowest BCUT2D eigenvalue weighted by Gasteiger charge is -2.22. The van der Waals surface area contributed by atoms with Gasteiger partial charge >= 0.3 is 5.97 Å². The minimum atomic E-state index is -0.628. The molecule has 7 atom stereocenters. The fraction of sp³-hybridized carbons (Fsp3) is 0.865. The summed E-state index contributed by atoms with van der Waals surface area (Å²) in [6.45, 7) is 4.13. The molecule has 0 aliphatic carbocycles. The van der Waals surface area contributed by atoms with Crippen LogP contribution in [0.4, 0.5) is 0 Å². The Morgan fingerprint density at radius 2 is 1.32 bits per heavy atom. The summed E-state index contributed by atoms with van der Waals surface area (Å²) in [5, 5.41) is 41.8. The van der Waals surface area contributed by atoms with Crippen LogP contribution in [0.3, 0.4) is 0 Å². The monoisotopic (exact) mass is 622 g/mol. The highest BCUT2D eigenvalue weighted by Crippen LogP contribution is 2.28. The standard InChI is InChI=1S/C37H66O7/c1-3-4-5-6-7-8-9-12-15-20-31(38)22-17-18-23-33(40)35-26-27-36(44-35)34(41)25-24-32(39)21-16-13-10-11-14-19-30-28-29(2)43-37(30)42/h17,22,28-29,31-36,38-41H,3-16,18-21,23-27H2,1-2H3/b22-17+/t29-,31?,32+,33+,34+,35?,36+/m0/s1. The number of aliphatic hydroxyl groups excluding tert-OH is 4. The second-order valence-electron chi connectivity index (χ2n) is 13.5. The van der Waals surface area contributed by atoms with E-state index in [0.717, 1.165) is 76.2 Å². The van der Waals surface area contributed by atoms with Crippen LogP contribution in [0.15, 0.2) is 23.8 Å². The number of cyclic esters (lactones) is 1. The average Bonchev–Trinajstić information content (AvgIpc) is 3.62. The third-order valence-electron chi connectivity index (χ3n) is 9.30. The van der Waals surface area contributed by atoms with Crippen molar-refractivity contribution in [2.45, 2.75) is 204 Å². The first-order chi connectivity index (χ1) is 21.3. The Hall–Kier alpha value is -1.25. The van der Waals surface area contributed by atoms with E-state index in [4.69, 9.17) is 9.47 Å². The Morgan fingerprint density at radius 1 is 0.750 bits per heavy atom. The van der Waals surface area contributed by atoms with Gasteiger partial charge in [-0.1, -0.05) is 103 Å². The van der Waals surface area contributed by atoms with Crippen molar-refractivity contribution in [3.05, 3.63) is 23.8 Å². The van der Waals surface area contributed by atoms with Crippen LogP contribution in [0, 0.1) is 0 Å². The molecule has 1 fully saturated rings.